The molecule has 86 valence electrons. The number of fused-ring (bicyclic) bond motifs is 1. The highest BCUT2D eigenvalue weighted by Gasteiger charge is 2.21. The summed E-state index contributed by atoms with van der Waals surface area (Å²) < 4.78 is 5.39. The molecule has 0 aliphatic carbocycles. The molecule has 1 aliphatic heterocycles. The van der Waals surface area contributed by atoms with Crippen molar-refractivity contribution in [2.24, 2.45) is 0 Å². The number of carbonyl (C=O) groups is 1. The summed E-state index contributed by atoms with van der Waals surface area (Å²) in [5.41, 5.74) is 1.89. The maximum atomic E-state index is 11.1. The zero-order valence-corrected chi connectivity index (χ0v) is 9.19. The molecule has 4 heteroatoms. The van der Waals surface area contributed by atoms with E-state index in [4.69, 9.17) is 9.84 Å². The Labute approximate surface area is 94.2 Å². The smallest absolute Gasteiger partial charge is 0.325 e. The molecule has 2 N–H and O–H groups in total. The van der Waals surface area contributed by atoms with Gasteiger partial charge in [-0.25, -0.2) is 0 Å². The van der Waals surface area contributed by atoms with Crippen LogP contribution in [0.25, 0.3) is 0 Å². The van der Waals surface area contributed by atoms with Gasteiger partial charge < -0.3 is 15.2 Å². The second kappa shape index (κ2) is 4.53. The van der Waals surface area contributed by atoms with Gasteiger partial charge in [0.25, 0.3) is 0 Å². The van der Waals surface area contributed by atoms with E-state index < -0.39 is 12.0 Å². The first-order valence-electron chi connectivity index (χ1n) is 5.44. The fraction of sp³-hybridized carbons (Fsp3) is 0.417. The van der Waals surface area contributed by atoms with E-state index in [2.05, 4.69) is 5.32 Å². The second-order valence-electron chi connectivity index (χ2n) is 3.79. The van der Waals surface area contributed by atoms with Gasteiger partial charge in [0.1, 0.15) is 11.8 Å². The van der Waals surface area contributed by atoms with Gasteiger partial charge in [0, 0.05) is 6.42 Å². The molecule has 0 saturated heterocycles. The third-order valence-electron chi connectivity index (χ3n) is 2.70. The molecular formula is C12H15NO3. The molecule has 0 amide bonds. The molecular weight excluding hydrogens is 206 g/mol. The monoisotopic (exact) mass is 221 g/mol. The molecule has 0 radical (unpaired) electrons. The summed E-state index contributed by atoms with van der Waals surface area (Å²) in [5.74, 6) is 0.0325. The molecule has 0 fully saturated rings. The second-order valence-corrected chi connectivity index (χ2v) is 3.79. The van der Waals surface area contributed by atoms with Gasteiger partial charge >= 0.3 is 5.97 Å². The van der Waals surface area contributed by atoms with Crippen LogP contribution in [0.5, 0.6) is 5.75 Å². The maximum Gasteiger partial charge on any atom is 0.325 e. The van der Waals surface area contributed by atoms with Crippen LogP contribution in [0.1, 0.15) is 24.1 Å². The molecule has 1 aromatic rings. The number of rotatable bonds is 4. The largest absolute Gasteiger partial charge is 0.493 e. The standard InChI is InChI=1S/C12H15NO3/c1-2-13-11(12(14)15)9-3-4-10-8(7-9)5-6-16-10/h3-4,7,11,13H,2,5-6H2,1H3,(H,14,15). The van der Waals surface area contributed by atoms with E-state index in [0.717, 1.165) is 23.3 Å². The van der Waals surface area contributed by atoms with Crippen LogP contribution >= 0.6 is 0 Å². The van der Waals surface area contributed by atoms with Crippen molar-refractivity contribution in [1.82, 2.24) is 5.32 Å². The molecule has 2 rings (SSSR count). The molecule has 1 aromatic carbocycles. The van der Waals surface area contributed by atoms with Crippen molar-refractivity contribution in [2.75, 3.05) is 13.2 Å². The summed E-state index contributed by atoms with van der Waals surface area (Å²) in [4.78, 5) is 11.1. The minimum atomic E-state index is -0.847. The van der Waals surface area contributed by atoms with Gasteiger partial charge in [-0.05, 0) is 29.8 Å². The predicted molar refractivity (Wildman–Crippen MR) is 59.7 cm³/mol. The third kappa shape index (κ3) is 2.02. The van der Waals surface area contributed by atoms with Gasteiger partial charge in [-0.1, -0.05) is 13.0 Å². The summed E-state index contributed by atoms with van der Waals surface area (Å²) in [6, 6.07) is 4.95. The summed E-state index contributed by atoms with van der Waals surface area (Å²) in [5, 5.41) is 12.1. The van der Waals surface area contributed by atoms with Crippen molar-refractivity contribution >= 4 is 5.97 Å². The normalized spacial score (nSPS) is 15.3. The Balaban J connectivity index is 2.28. The summed E-state index contributed by atoms with van der Waals surface area (Å²) in [6.45, 7) is 3.22. The fourth-order valence-corrected chi connectivity index (χ4v) is 1.94. The molecule has 1 unspecified atom stereocenters. The zero-order valence-electron chi connectivity index (χ0n) is 9.19. The van der Waals surface area contributed by atoms with Gasteiger partial charge in [-0.2, -0.15) is 0 Å². The minimum absolute atomic E-state index is 0.629. The molecule has 0 spiro atoms. The summed E-state index contributed by atoms with van der Waals surface area (Å²) >= 11 is 0. The lowest BCUT2D eigenvalue weighted by Gasteiger charge is -2.14. The van der Waals surface area contributed by atoms with Crippen LogP contribution in [-0.4, -0.2) is 24.2 Å². The topological polar surface area (TPSA) is 58.6 Å². The van der Waals surface area contributed by atoms with Gasteiger partial charge in [0.2, 0.25) is 0 Å². The van der Waals surface area contributed by atoms with Crippen molar-refractivity contribution in [2.45, 2.75) is 19.4 Å². The van der Waals surface area contributed by atoms with E-state index in [0.29, 0.717) is 13.2 Å². The number of aliphatic carboxylic acids is 1. The van der Waals surface area contributed by atoms with Gasteiger partial charge in [-0.3, -0.25) is 4.79 Å². The van der Waals surface area contributed by atoms with Crippen LogP contribution in [0.4, 0.5) is 0 Å². The molecule has 4 nitrogen and oxygen atoms in total. The van der Waals surface area contributed by atoms with E-state index in [1.54, 1.807) is 0 Å². The average molecular weight is 221 g/mol. The van der Waals surface area contributed by atoms with Crippen molar-refractivity contribution in [3.63, 3.8) is 0 Å². The number of carboxylic acids is 1. The lowest BCUT2D eigenvalue weighted by molar-refractivity contribution is -0.139. The first-order chi connectivity index (χ1) is 7.72. The highest BCUT2D eigenvalue weighted by atomic mass is 16.5. The van der Waals surface area contributed by atoms with Crippen LogP contribution in [0.2, 0.25) is 0 Å². The lowest BCUT2D eigenvalue weighted by Crippen LogP contribution is -2.28. The SMILES string of the molecule is CCNC(C(=O)O)c1ccc2c(c1)CCO2. The number of ether oxygens (including phenoxy) is 1. The molecule has 0 bridgehead atoms. The molecule has 1 atom stereocenters. The van der Waals surface area contributed by atoms with Crippen LogP contribution < -0.4 is 10.1 Å². The number of benzene rings is 1. The Kier molecular flexibility index (Phi) is 3.10. The van der Waals surface area contributed by atoms with Crippen LogP contribution in [0, 0.1) is 0 Å². The molecule has 0 aromatic heterocycles. The number of carboxylic acid groups (broad SMARTS) is 1. The van der Waals surface area contributed by atoms with Crippen molar-refractivity contribution in [3.8, 4) is 5.75 Å². The molecule has 16 heavy (non-hydrogen) atoms. The maximum absolute atomic E-state index is 11.1. The third-order valence-corrected chi connectivity index (χ3v) is 2.70. The Morgan fingerprint density at radius 1 is 1.62 bits per heavy atom. The number of hydrogen-bond donors (Lipinski definition) is 2. The summed E-state index contributed by atoms with van der Waals surface area (Å²) in [7, 11) is 0. The van der Waals surface area contributed by atoms with E-state index in [-0.39, 0.29) is 0 Å². The summed E-state index contributed by atoms with van der Waals surface area (Å²) in [6.07, 6.45) is 0.863. The van der Waals surface area contributed by atoms with Crippen LogP contribution in [-0.2, 0) is 11.2 Å². The number of nitrogens with one attached hydrogen (secondary N) is 1. The first kappa shape index (κ1) is 11.0. The van der Waals surface area contributed by atoms with Crippen LogP contribution in [0.15, 0.2) is 18.2 Å². The van der Waals surface area contributed by atoms with Crippen molar-refractivity contribution in [3.05, 3.63) is 29.3 Å². The van der Waals surface area contributed by atoms with Gasteiger partial charge in [0.15, 0.2) is 0 Å². The first-order valence-corrected chi connectivity index (χ1v) is 5.44. The molecule has 1 heterocycles. The molecule has 1 aliphatic rings. The zero-order chi connectivity index (χ0) is 11.5. The quantitative estimate of drug-likeness (QED) is 0.806. The van der Waals surface area contributed by atoms with E-state index in [1.165, 1.54) is 0 Å². The average Bonchev–Trinajstić information content (AvgIpc) is 2.72. The Morgan fingerprint density at radius 2 is 2.44 bits per heavy atom. The van der Waals surface area contributed by atoms with Gasteiger partial charge in [0.05, 0.1) is 6.61 Å². The fourth-order valence-electron chi connectivity index (χ4n) is 1.94. The molecule has 0 saturated carbocycles. The Hall–Kier alpha value is -1.55. The van der Waals surface area contributed by atoms with Crippen LogP contribution in [0.3, 0.4) is 0 Å². The van der Waals surface area contributed by atoms with E-state index in [1.807, 2.05) is 25.1 Å². The number of hydrogen-bond acceptors (Lipinski definition) is 3. The Bertz CT molecular complexity index is 403. The van der Waals surface area contributed by atoms with E-state index in [9.17, 15) is 4.79 Å². The number of likely N-dealkylation sites (N-methyl/N-ethyl adjacent to an activating group) is 1. The van der Waals surface area contributed by atoms with Crippen molar-refractivity contribution in [1.29, 1.82) is 0 Å². The highest BCUT2D eigenvalue weighted by molar-refractivity contribution is 5.75. The van der Waals surface area contributed by atoms with Crippen molar-refractivity contribution < 1.29 is 14.6 Å². The Morgan fingerprint density at radius 3 is 3.12 bits per heavy atom. The minimum Gasteiger partial charge on any atom is -0.493 e. The van der Waals surface area contributed by atoms with E-state index >= 15 is 0 Å². The van der Waals surface area contributed by atoms with Gasteiger partial charge in [-0.15, -0.1) is 0 Å². The lowest BCUT2D eigenvalue weighted by atomic mass is 10.0. The predicted octanol–water partition coefficient (Wildman–Crippen LogP) is 1.36. The highest BCUT2D eigenvalue weighted by Crippen LogP contribution is 2.28.